The summed E-state index contributed by atoms with van der Waals surface area (Å²) >= 11 is 4.33. The van der Waals surface area contributed by atoms with Crippen molar-refractivity contribution in [3.8, 4) is 23.8 Å². The Balaban J connectivity index is 2.24. The first-order chi connectivity index (χ1) is 12.5. The minimum absolute atomic E-state index is 0.106. The summed E-state index contributed by atoms with van der Waals surface area (Å²) in [6, 6.07) is 3.49. The van der Waals surface area contributed by atoms with Crippen LogP contribution in [0.1, 0.15) is 12.0 Å². The average molecular weight is 440 g/mol. The van der Waals surface area contributed by atoms with E-state index < -0.39 is 0 Å². The molecule has 0 bridgehead atoms. The summed E-state index contributed by atoms with van der Waals surface area (Å²) < 4.78 is 16.4. The first kappa shape index (κ1) is 20.4. The minimum Gasteiger partial charge on any atom is -0.493 e. The molecular weight excluding hydrogens is 422 g/mol. The molecule has 6 nitrogen and oxygen atoms in total. The normalized spacial score (nSPS) is 15.5. The monoisotopic (exact) mass is 439 g/mol. The van der Waals surface area contributed by atoms with Crippen LogP contribution in [0.4, 0.5) is 4.79 Å². The summed E-state index contributed by atoms with van der Waals surface area (Å²) in [6.07, 6.45) is 7.47. The molecule has 0 unspecified atom stereocenters. The Morgan fingerprint density at radius 3 is 2.77 bits per heavy atom. The zero-order valence-electron chi connectivity index (χ0n) is 14.4. The molecule has 0 spiro atoms. The first-order valence-corrected chi connectivity index (χ1v) is 9.30. The minimum atomic E-state index is -0.307. The predicted molar refractivity (Wildman–Crippen MR) is 104 cm³/mol. The van der Waals surface area contributed by atoms with Crippen LogP contribution >= 0.6 is 27.7 Å². The van der Waals surface area contributed by atoms with Crippen molar-refractivity contribution < 1.29 is 23.8 Å². The fourth-order valence-electron chi connectivity index (χ4n) is 2.29. The van der Waals surface area contributed by atoms with Crippen LogP contribution in [0, 0.1) is 12.3 Å². The molecule has 0 saturated carbocycles. The molecule has 138 valence electrons. The number of methoxy groups -OCH3 is 2. The maximum atomic E-state index is 12.4. The molecule has 26 heavy (non-hydrogen) atoms. The fourth-order valence-corrected chi connectivity index (χ4v) is 3.73. The predicted octanol–water partition coefficient (Wildman–Crippen LogP) is 3.54. The third kappa shape index (κ3) is 4.81. The highest BCUT2D eigenvalue weighted by Crippen LogP contribution is 2.39. The van der Waals surface area contributed by atoms with Crippen molar-refractivity contribution in [2.75, 3.05) is 34.0 Å². The van der Waals surface area contributed by atoms with Crippen LogP contribution in [0.2, 0.25) is 0 Å². The van der Waals surface area contributed by atoms with E-state index in [9.17, 15) is 9.59 Å². The van der Waals surface area contributed by atoms with Gasteiger partial charge in [0.2, 0.25) is 0 Å². The molecule has 0 aliphatic carbocycles. The van der Waals surface area contributed by atoms with Gasteiger partial charge in [-0.05, 0) is 57.9 Å². The molecule has 1 saturated heterocycles. The summed E-state index contributed by atoms with van der Waals surface area (Å²) in [7, 11) is 3.09. The van der Waals surface area contributed by atoms with E-state index in [0.717, 1.165) is 11.8 Å². The molecule has 1 heterocycles. The number of thioether (sulfide) groups is 1. The van der Waals surface area contributed by atoms with E-state index in [2.05, 4.69) is 21.9 Å². The number of benzene rings is 1. The molecule has 0 N–H and O–H groups in total. The van der Waals surface area contributed by atoms with Gasteiger partial charge in [-0.2, -0.15) is 0 Å². The van der Waals surface area contributed by atoms with Crippen LogP contribution < -0.4 is 9.47 Å². The van der Waals surface area contributed by atoms with Crippen molar-refractivity contribution in [1.82, 2.24) is 4.90 Å². The second-order valence-corrected chi connectivity index (χ2v) is 7.05. The van der Waals surface area contributed by atoms with Gasteiger partial charge >= 0.3 is 0 Å². The lowest BCUT2D eigenvalue weighted by molar-refractivity contribution is -0.122. The van der Waals surface area contributed by atoms with Gasteiger partial charge in [-0.25, -0.2) is 0 Å². The number of carbonyl (C=O) groups is 2. The van der Waals surface area contributed by atoms with Gasteiger partial charge in [0.1, 0.15) is 6.61 Å². The zero-order valence-corrected chi connectivity index (χ0v) is 16.8. The van der Waals surface area contributed by atoms with Crippen molar-refractivity contribution in [3.63, 3.8) is 0 Å². The summed E-state index contributed by atoms with van der Waals surface area (Å²) in [6.45, 7) is 0.931. The van der Waals surface area contributed by atoms with Gasteiger partial charge in [-0.15, -0.1) is 6.42 Å². The Morgan fingerprint density at radius 1 is 1.35 bits per heavy atom. The van der Waals surface area contributed by atoms with Crippen molar-refractivity contribution in [3.05, 3.63) is 27.1 Å². The van der Waals surface area contributed by atoms with Crippen molar-refractivity contribution in [2.45, 2.75) is 6.42 Å². The SMILES string of the molecule is C#CCOc1c(Br)cc(/C=C2/SC(=O)N(CCCOC)C2=O)cc1OC. The molecule has 1 aromatic rings. The van der Waals surface area contributed by atoms with E-state index in [1.165, 1.54) is 12.0 Å². The number of carbonyl (C=O) groups excluding carboxylic acids is 2. The van der Waals surface area contributed by atoms with E-state index in [4.69, 9.17) is 20.6 Å². The Hall–Kier alpha value is -1.95. The highest BCUT2D eigenvalue weighted by molar-refractivity contribution is 9.10. The molecule has 1 fully saturated rings. The molecule has 0 aromatic heterocycles. The van der Waals surface area contributed by atoms with Crippen LogP contribution in [-0.4, -0.2) is 50.0 Å². The lowest BCUT2D eigenvalue weighted by atomic mass is 10.2. The fraction of sp³-hybridized carbons (Fsp3) is 0.333. The number of halogens is 1. The Labute approximate surface area is 165 Å². The highest BCUT2D eigenvalue weighted by Gasteiger charge is 2.34. The van der Waals surface area contributed by atoms with E-state index >= 15 is 0 Å². The second-order valence-electron chi connectivity index (χ2n) is 5.21. The molecule has 2 rings (SSSR count). The maximum absolute atomic E-state index is 12.4. The van der Waals surface area contributed by atoms with Gasteiger partial charge in [-0.1, -0.05) is 5.92 Å². The third-order valence-corrected chi connectivity index (χ3v) is 4.95. The summed E-state index contributed by atoms with van der Waals surface area (Å²) in [5.41, 5.74) is 0.698. The molecule has 0 radical (unpaired) electrons. The Kier molecular flexibility index (Phi) is 7.57. The largest absolute Gasteiger partial charge is 0.493 e. The van der Waals surface area contributed by atoms with Crippen molar-refractivity contribution in [1.29, 1.82) is 0 Å². The van der Waals surface area contributed by atoms with Crippen LogP contribution in [0.25, 0.3) is 6.08 Å². The molecule has 8 heteroatoms. The molecule has 1 aliphatic heterocycles. The van der Waals surface area contributed by atoms with Crippen LogP contribution in [-0.2, 0) is 9.53 Å². The molecule has 1 aromatic carbocycles. The summed E-state index contributed by atoms with van der Waals surface area (Å²) in [4.78, 5) is 26.1. The molecule has 0 atom stereocenters. The molecule has 1 aliphatic rings. The number of ether oxygens (including phenoxy) is 3. The summed E-state index contributed by atoms with van der Waals surface area (Å²) in [5, 5.41) is -0.280. The van der Waals surface area contributed by atoms with Crippen molar-refractivity contribution in [2.24, 2.45) is 0 Å². The standard InChI is InChI=1S/C18H18BrNO5S/c1-4-7-25-16-13(19)9-12(10-14(16)24-3)11-15-17(21)20(18(22)26-15)6-5-8-23-2/h1,9-11H,5-8H2,2-3H3/b15-11+. The number of terminal acetylenes is 1. The quantitative estimate of drug-likeness (QED) is 0.350. The van der Waals surface area contributed by atoms with Crippen molar-refractivity contribution >= 4 is 44.9 Å². The van der Waals surface area contributed by atoms with Gasteiger partial charge in [0, 0.05) is 20.3 Å². The number of nitrogens with zero attached hydrogens (tertiary/aromatic N) is 1. The number of hydrogen-bond acceptors (Lipinski definition) is 6. The average Bonchev–Trinajstić information content (AvgIpc) is 2.88. The van der Waals surface area contributed by atoms with E-state index in [0.29, 0.717) is 46.0 Å². The van der Waals surface area contributed by atoms with Gasteiger partial charge in [0.05, 0.1) is 16.5 Å². The Bertz CT molecular complexity index is 772. The molecule has 2 amide bonds. The smallest absolute Gasteiger partial charge is 0.293 e. The lowest BCUT2D eigenvalue weighted by Gasteiger charge is -2.12. The second kappa shape index (κ2) is 9.67. The van der Waals surface area contributed by atoms with Crippen LogP contribution in [0.3, 0.4) is 0 Å². The van der Waals surface area contributed by atoms with Gasteiger partial charge in [0.15, 0.2) is 11.5 Å². The number of rotatable bonds is 8. The van der Waals surface area contributed by atoms with Gasteiger partial charge in [0.25, 0.3) is 11.1 Å². The number of amides is 2. The van der Waals surface area contributed by atoms with Gasteiger partial charge < -0.3 is 14.2 Å². The van der Waals surface area contributed by atoms with Crippen LogP contribution in [0.15, 0.2) is 21.5 Å². The maximum Gasteiger partial charge on any atom is 0.293 e. The summed E-state index contributed by atoms with van der Waals surface area (Å²) in [5.74, 6) is 3.04. The van der Waals surface area contributed by atoms with E-state index in [1.54, 1.807) is 25.3 Å². The first-order valence-electron chi connectivity index (χ1n) is 7.70. The molecular formula is C18H18BrNO5S. The topological polar surface area (TPSA) is 65.1 Å². The Morgan fingerprint density at radius 2 is 2.12 bits per heavy atom. The number of imide groups is 1. The van der Waals surface area contributed by atoms with Crippen LogP contribution in [0.5, 0.6) is 11.5 Å². The lowest BCUT2D eigenvalue weighted by Crippen LogP contribution is -2.29. The van der Waals surface area contributed by atoms with Gasteiger partial charge in [-0.3, -0.25) is 14.5 Å². The number of hydrogen-bond donors (Lipinski definition) is 0. The third-order valence-electron chi connectivity index (χ3n) is 3.45. The highest BCUT2D eigenvalue weighted by atomic mass is 79.9. The zero-order chi connectivity index (χ0) is 19.1. The van der Waals surface area contributed by atoms with E-state index in [-0.39, 0.29) is 17.8 Å². The van der Waals surface area contributed by atoms with E-state index in [1.807, 2.05) is 0 Å².